The van der Waals surface area contributed by atoms with E-state index >= 15 is 0 Å². The average molecular weight is 178 g/mol. The Hall–Kier alpha value is -1.07. The van der Waals surface area contributed by atoms with Gasteiger partial charge in [-0.1, -0.05) is 5.16 Å². The van der Waals surface area contributed by atoms with E-state index in [1.165, 1.54) is 12.3 Å². The van der Waals surface area contributed by atoms with Gasteiger partial charge in [-0.3, -0.25) is 4.79 Å². The van der Waals surface area contributed by atoms with Crippen LogP contribution in [-0.2, 0) is 0 Å². The fraction of sp³-hybridized carbons (Fsp3) is 0.200. The highest BCUT2D eigenvalue weighted by Gasteiger charge is 2.05. The van der Waals surface area contributed by atoms with Gasteiger partial charge in [0.05, 0.1) is 6.67 Å². The van der Waals surface area contributed by atoms with Crippen molar-refractivity contribution in [2.75, 3.05) is 6.67 Å². The topological polar surface area (TPSA) is 81.1 Å². The molecule has 1 aromatic heterocycles. The maximum absolute atomic E-state index is 10.8. The van der Waals surface area contributed by atoms with E-state index in [0.29, 0.717) is 0 Å². The lowest BCUT2D eigenvalue weighted by Crippen LogP contribution is -2.29. The number of amides is 1. The van der Waals surface area contributed by atoms with Gasteiger partial charge in [-0.05, 0) is 0 Å². The van der Waals surface area contributed by atoms with Crippen LogP contribution in [0.1, 0.15) is 10.5 Å². The second kappa shape index (κ2) is 4.70. The Balaban J connectivity index is 0.000001000. The standard InChI is InChI=1S/C5H7N3O2.ClH/c6-3-7-5(9)4-1-2-10-8-4;/h1-2H,3,6H2,(H,7,9);1H. The molecule has 0 fully saturated rings. The second-order valence-corrected chi connectivity index (χ2v) is 1.59. The Morgan fingerprint density at radius 3 is 3.00 bits per heavy atom. The molecular weight excluding hydrogens is 170 g/mol. The fourth-order valence-electron chi connectivity index (χ4n) is 0.513. The number of nitrogens with two attached hydrogens (primary N) is 1. The third kappa shape index (κ3) is 2.57. The van der Waals surface area contributed by atoms with Crippen LogP contribution in [0.4, 0.5) is 0 Å². The van der Waals surface area contributed by atoms with Crippen LogP contribution in [0.5, 0.6) is 0 Å². The third-order valence-electron chi connectivity index (χ3n) is 0.933. The molecule has 0 aliphatic carbocycles. The van der Waals surface area contributed by atoms with Crippen LogP contribution in [-0.4, -0.2) is 17.7 Å². The number of halogens is 1. The molecule has 1 rings (SSSR count). The summed E-state index contributed by atoms with van der Waals surface area (Å²) in [5.74, 6) is -0.323. The first-order valence-corrected chi connectivity index (χ1v) is 2.73. The summed E-state index contributed by atoms with van der Waals surface area (Å²) in [5, 5.41) is 5.76. The zero-order valence-electron chi connectivity index (χ0n) is 5.61. The van der Waals surface area contributed by atoms with Gasteiger partial charge in [0.2, 0.25) is 0 Å². The Labute approximate surface area is 69.3 Å². The number of nitrogens with zero attached hydrogens (tertiary/aromatic N) is 1. The Morgan fingerprint density at radius 1 is 1.82 bits per heavy atom. The number of rotatable bonds is 2. The van der Waals surface area contributed by atoms with Gasteiger partial charge >= 0.3 is 0 Å². The lowest BCUT2D eigenvalue weighted by Gasteiger charge is -1.94. The highest BCUT2D eigenvalue weighted by atomic mass is 35.5. The van der Waals surface area contributed by atoms with Crippen molar-refractivity contribution in [1.29, 1.82) is 0 Å². The minimum Gasteiger partial charge on any atom is -0.364 e. The first kappa shape index (κ1) is 9.93. The van der Waals surface area contributed by atoms with Crippen LogP contribution in [0.3, 0.4) is 0 Å². The molecule has 0 atom stereocenters. The number of carbonyl (C=O) groups is 1. The van der Waals surface area contributed by atoms with Crippen LogP contribution in [0.25, 0.3) is 0 Å². The van der Waals surface area contributed by atoms with E-state index in [1.807, 2.05) is 0 Å². The maximum atomic E-state index is 10.8. The second-order valence-electron chi connectivity index (χ2n) is 1.59. The van der Waals surface area contributed by atoms with E-state index in [0.717, 1.165) is 0 Å². The first-order chi connectivity index (χ1) is 4.84. The zero-order valence-corrected chi connectivity index (χ0v) is 6.43. The van der Waals surface area contributed by atoms with Crippen molar-refractivity contribution in [2.45, 2.75) is 0 Å². The number of aromatic nitrogens is 1. The van der Waals surface area contributed by atoms with E-state index < -0.39 is 0 Å². The van der Waals surface area contributed by atoms with Gasteiger partial charge in [0.25, 0.3) is 5.91 Å². The van der Waals surface area contributed by atoms with Crippen molar-refractivity contribution in [1.82, 2.24) is 10.5 Å². The molecular formula is C5H8ClN3O2. The van der Waals surface area contributed by atoms with Gasteiger partial charge in [0.15, 0.2) is 5.69 Å². The summed E-state index contributed by atoms with van der Waals surface area (Å²) in [5.41, 5.74) is 5.29. The fourth-order valence-corrected chi connectivity index (χ4v) is 0.513. The van der Waals surface area contributed by atoms with Crippen LogP contribution in [0.2, 0.25) is 0 Å². The first-order valence-electron chi connectivity index (χ1n) is 2.73. The number of nitrogens with one attached hydrogen (secondary N) is 1. The summed E-state index contributed by atoms with van der Waals surface area (Å²) in [6.45, 7) is 0.103. The summed E-state index contributed by atoms with van der Waals surface area (Å²) in [6.07, 6.45) is 1.32. The van der Waals surface area contributed by atoms with Gasteiger partial charge in [0.1, 0.15) is 6.26 Å². The van der Waals surface area contributed by atoms with Crippen molar-refractivity contribution in [3.8, 4) is 0 Å². The molecule has 11 heavy (non-hydrogen) atoms. The van der Waals surface area contributed by atoms with E-state index in [9.17, 15) is 4.79 Å². The van der Waals surface area contributed by atoms with Crippen LogP contribution in [0, 0.1) is 0 Å². The largest absolute Gasteiger partial charge is 0.364 e. The molecule has 62 valence electrons. The molecule has 0 saturated carbocycles. The monoisotopic (exact) mass is 177 g/mol. The summed E-state index contributed by atoms with van der Waals surface area (Å²) in [7, 11) is 0. The molecule has 0 aliphatic rings. The average Bonchev–Trinajstić information content (AvgIpc) is 2.38. The van der Waals surface area contributed by atoms with Crippen molar-refractivity contribution in [3.63, 3.8) is 0 Å². The molecule has 0 bridgehead atoms. The third-order valence-corrected chi connectivity index (χ3v) is 0.933. The highest BCUT2D eigenvalue weighted by molar-refractivity contribution is 5.91. The van der Waals surface area contributed by atoms with Crippen LogP contribution in [0.15, 0.2) is 16.9 Å². The summed E-state index contributed by atoms with van der Waals surface area (Å²) in [4.78, 5) is 10.8. The molecule has 6 heteroatoms. The predicted molar refractivity (Wildman–Crippen MR) is 40.3 cm³/mol. The Morgan fingerprint density at radius 2 is 2.55 bits per heavy atom. The molecule has 0 spiro atoms. The summed E-state index contributed by atoms with van der Waals surface area (Å²) in [6, 6.07) is 1.46. The van der Waals surface area contributed by atoms with Crippen molar-refractivity contribution in [3.05, 3.63) is 18.0 Å². The van der Waals surface area contributed by atoms with E-state index in [2.05, 4.69) is 15.0 Å². The molecule has 1 heterocycles. The van der Waals surface area contributed by atoms with Crippen molar-refractivity contribution < 1.29 is 9.32 Å². The molecule has 0 saturated heterocycles. The van der Waals surface area contributed by atoms with Crippen molar-refractivity contribution in [2.24, 2.45) is 5.73 Å². The highest BCUT2D eigenvalue weighted by Crippen LogP contribution is 1.91. The minimum atomic E-state index is -0.323. The van der Waals surface area contributed by atoms with E-state index in [-0.39, 0.29) is 30.7 Å². The molecule has 0 unspecified atom stereocenters. The zero-order chi connectivity index (χ0) is 7.40. The van der Waals surface area contributed by atoms with E-state index in [4.69, 9.17) is 5.73 Å². The van der Waals surface area contributed by atoms with Crippen molar-refractivity contribution >= 4 is 18.3 Å². The Bertz CT molecular complexity index is 212. The quantitative estimate of drug-likeness (QED) is 0.610. The van der Waals surface area contributed by atoms with Gasteiger partial charge in [-0.15, -0.1) is 12.4 Å². The molecule has 0 aromatic carbocycles. The van der Waals surface area contributed by atoms with Gasteiger partial charge in [-0.25, -0.2) is 0 Å². The van der Waals surface area contributed by atoms with Gasteiger partial charge in [0, 0.05) is 6.07 Å². The molecule has 1 amide bonds. The molecule has 3 N–H and O–H groups in total. The lowest BCUT2D eigenvalue weighted by molar-refractivity contribution is 0.0946. The Kier molecular flexibility index (Phi) is 4.24. The predicted octanol–water partition coefficient (Wildman–Crippen LogP) is -0.258. The number of hydrogen-bond acceptors (Lipinski definition) is 4. The molecule has 5 nitrogen and oxygen atoms in total. The maximum Gasteiger partial charge on any atom is 0.274 e. The molecule has 1 aromatic rings. The number of hydrogen-bond donors (Lipinski definition) is 2. The molecule has 0 radical (unpaired) electrons. The van der Waals surface area contributed by atoms with Crippen LogP contribution >= 0.6 is 12.4 Å². The SMILES string of the molecule is Cl.NCNC(=O)c1ccon1. The van der Waals surface area contributed by atoms with E-state index in [1.54, 1.807) is 0 Å². The van der Waals surface area contributed by atoms with Crippen LogP contribution < -0.4 is 11.1 Å². The normalized spacial score (nSPS) is 8.45. The minimum absolute atomic E-state index is 0. The lowest BCUT2D eigenvalue weighted by atomic mass is 10.4. The number of carbonyl (C=O) groups excluding carboxylic acids is 1. The smallest absolute Gasteiger partial charge is 0.274 e. The van der Waals surface area contributed by atoms with Gasteiger partial charge in [-0.2, -0.15) is 0 Å². The molecule has 0 aliphatic heterocycles. The summed E-state index contributed by atoms with van der Waals surface area (Å²) >= 11 is 0. The van der Waals surface area contributed by atoms with Gasteiger partial charge < -0.3 is 15.6 Å². The summed E-state index contributed by atoms with van der Waals surface area (Å²) < 4.78 is 4.43.